The van der Waals surface area contributed by atoms with Crippen LogP contribution < -0.4 is 16.0 Å². The fourth-order valence-corrected chi connectivity index (χ4v) is 5.60. The van der Waals surface area contributed by atoms with Crippen molar-refractivity contribution in [3.05, 3.63) is 99.3 Å². The smallest absolute Gasteiger partial charge is 0.277 e. The molecule has 0 spiro atoms. The number of aromatic amines is 1. The standard InChI is InChI=1S/C24H21FN4O4S/c25-21-7-3-4-8-22(21)27-13-15-28(16-14-27)34(32,33)18-11-9-17(10-12-18)29-24(31)20-6-2-1-5-19(20)23(30)26-29/h1-12H,13-16H2,(H,26,30). The molecule has 1 saturated heterocycles. The van der Waals surface area contributed by atoms with Crippen molar-refractivity contribution in [2.45, 2.75) is 4.90 Å². The van der Waals surface area contributed by atoms with E-state index in [9.17, 15) is 22.4 Å². The second-order valence-electron chi connectivity index (χ2n) is 7.96. The minimum atomic E-state index is -3.78. The molecule has 1 aromatic heterocycles. The third kappa shape index (κ3) is 3.80. The number of H-pyrrole nitrogens is 1. The number of nitrogens with zero attached hydrogens (tertiary/aromatic N) is 3. The Morgan fingerprint density at radius 2 is 1.38 bits per heavy atom. The molecule has 1 aliphatic rings. The van der Waals surface area contributed by atoms with Gasteiger partial charge in [0, 0.05) is 26.2 Å². The van der Waals surface area contributed by atoms with Crippen molar-refractivity contribution < 1.29 is 12.8 Å². The molecule has 8 nitrogen and oxygen atoms in total. The molecule has 3 aromatic carbocycles. The average molecular weight is 481 g/mol. The van der Waals surface area contributed by atoms with Crippen molar-refractivity contribution in [2.24, 2.45) is 0 Å². The molecule has 4 aromatic rings. The first-order valence-corrected chi connectivity index (χ1v) is 12.1. The van der Waals surface area contributed by atoms with Crippen LogP contribution in [0.3, 0.4) is 0 Å². The molecule has 0 amide bonds. The Bertz CT molecular complexity index is 1590. The van der Waals surface area contributed by atoms with E-state index in [1.54, 1.807) is 42.5 Å². The van der Waals surface area contributed by atoms with Gasteiger partial charge in [-0.15, -0.1) is 0 Å². The van der Waals surface area contributed by atoms with E-state index in [2.05, 4.69) is 5.10 Å². The van der Waals surface area contributed by atoms with Gasteiger partial charge in [0.1, 0.15) is 5.82 Å². The molecular weight excluding hydrogens is 459 g/mol. The van der Waals surface area contributed by atoms with Gasteiger partial charge < -0.3 is 4.90 Å². The molecule has 0 unspecified atom stereocenters. The van der Waals surface area contributed by atoms with E-state index >= 15 is 0 Å². The predicted octanol–water partition coefficient (Wildman–Crippen LogP) is 2.33. The molecule has 0 aliphatic carbocycles. The highest BCUT2D eigenvalue weighted by atomic mass is 32.2. The second kappa shape index (κ2) is 8.54. The Morgan fingerprint density at radius 3 is 2.06 bits per heavy atom. The zero-order valence-corrected chi connectivity index (χ0v) is 18.8. The van der Waals surface area contributed by atoms with Crippen molar-refractivity contribution in [2.75, 3.05) is 31.1 Å². The van der Waals surface area contributed by atoms with Crippen LogP contribution in [0.2, 0.25) is 0 Å². The van der Waals surface area contributed by atoms with Crippen molar-refractivity contribution in [3.8, 4) is 5.69 Å². The highest BCUT2D eigenvalue weighted by molar-refractivity contribution is 7.89. The summed E-state index contributed by atoms with van der Waals surface area (Å²) in [6.45, 7) is 1.17. The van der Waals surface area contributed by atoms with Crippen LogP contribution in [-0.2, 0) is 10.0 Å². The maximum Gasteiger partial charge on any atom is 0.277 e. The van der Waals surface area contributed by atoms with E-state index in [1.165, 1.54) is 34.6 Å². The number of hydrogen-bond donors (Lipinski definition) is 1. The minimum absolute atomic E-state index is 0.0757. The molecule has 34 heavy (non-hydrogen) atoms. The number of anilines is 1. The lowest BCUT2D eigenvalue weighted by Gasteiger charge is -2.35. The lowest BCUT2D eigenvalue weighted by atomic mass is 10.2. The number of hydrogen-bond acceptors (Lipinski definition) is 5. The van der Waals surface area contributed by atoms with Crippen LogP contribution >= 0.6 is 0 Å². The number of rotatable bonds is 4. The van der Waals surface area contributed by atoms with Crippen LogP contribution in [0.1, 0.15) is 0 Å². The summed E-state index contributed by atoms with van der Waals surface area (Å²) in [6, 6.07) is 18.7. The Morgan fingerprint density at radius 1 is 0.765 bits per heavy atom. The molecular formula is C24H21FN4O4S. The summed E-state index contributed by atoms with van der Waals surface area (Å²) in [5, 5.41) is 3.10. The Kier molecular flexibility index (Phi) is 5.54. The number of fused-ring (bicyclic) bond motifs is 1. The van der Waals surface area contributed by atoms with Gasteiger partial charge in [0.05, 0.1) is 27.0 Å². The Hall–Kier alpha value is -3.76. The molecule has 0 radical (unpaired) electrons. The molecule has 5 rings (SSSR count). The molecule has 1 N–H and O–H groups in total. The zero-order valence-electron chi connectivity index (χ0n) is 18.0. The number of para-hydroxylation sites is 1. The predicted molar refractivity (Wildman–Crippen MR) is 128 cm³/mol. The van der Waals surface area contributed by atoms with E-state index in [4.69, 9.17) is 0 Å². The van der Waals surface area contributed by atoms with Gasteiger partial charge in [0.2, 0.25) is 10.0 Å². The molecule has 1 aliphatic heterocycles. The summed E-state index contributed by atoms with van der Waals surface area (Å²) < 4.78 is 42.8. The molecule has 1 fully saturated rings. The molecule has 10 heteroatoms. The van der Waals surface area contributed by atoms with Gasteiger partial charge in [-0.05, 0) is 48.5 Å². The van der Waals surface area contributed by atoms with Crippen LogP contribution in [0.25, 0.3) is 16.5 Å². The SMILES string of the molecule is O=c1[nH]n(-c2ccc(S(=O)(=O)N3CCN(c4ccccc4F)CC3)cc2)c(=O)c2ccccc12. The van der Waals surface area contributed by atoms with Crippen LogP contribution in [0.15, 0.2) is 87.3 Å². The maximum absolute atomic E-state index is 14.1. The van der Waals surface area contributed by atoms with Crippen LogP contribution in [0.4, 0.5) is 10.1 Å². The van der Waals surface area contributed by atoms with Gasteiger partial charge in [-0.25, -0.2) is 17.5 Å². The first kappa shape index (κ1) is 22.1. The third-order valence-corrected chi connectivity index (χ3v) is 7.90. The molecule has 2 heterocycles. The van der Waals surface area contributed by atoms with Crippen LogP contribution in [0, 0.1) is 5.82 Å². The van der Waals surface area contributed by atoms with Crippen LogP contribution in [0.5, 0.6) is 0 Å². The van der Waals surface area contributed by atoms with Crippen molar-refractivity contribution >= 4 is 26.5 Å². The lowest BCUT2D eigenvalue weighted by Crippen LogP contribution is -2.48. The summed E-state index contributed by atoms with van der Waals surface area (Å²) in [4.78, 5) is 27.1. The van der Waals surface area contributed by atoms with E-state index in [0.29, 0.717) is 24.5 Å². The number of aromatic nitrogens is 2. The highest BCUT2D eigenvalue weighted by Gasteiger charge is 2.29. The van der Waals surface area contributed by atoms with E-state index in [0.717, 1.165) is 4.68 Å². The summed E-state index contributed by atoms with van der Waals surface area (Å²) in [5.41, 5.74) is -0.0235. The minimum Gasteiger partial charge on any atom is -0.367 e. The second-order valence-corrected chi connectivity index (χ2v) is 9.90. The maximum atomic E-state index is 14.1. The Labute approximate surface area is 194 Å². The quantitative estimate of drug-likeness (QED) is 0.484. The van der Waals surface area contributed by atoms with E-state index in [-0.39, 0.29) is 34.6 Å². The van der Waals surface area contributed by atoms with Gasteiger partial charge in [0.15, 0.2) is 0 Å². The summed E-state index contributed by atoms with van der Waals surface area (Å²) in [7, 11) is -3.78. The lowest BCUT2D eigenvalue weighted by molar-refractivity contribution is 0.383. The fourth-order valence-electron chi connectivity index (χ4n) is 4.18. The summed E-state index contributed by atoms with van der Waals surface area (Å²) >= 11 is 0. The number of piperazine rings is 1. The molecule has 0 bridgehead atoms. The zero-order chi connectivity index (χ0) is 23.9. The first-order valence-electron chi connectivity index (χ1n) is 10.7. The number of halogens is 1. The van der Waals surface area contributed by atoms with E-state index in [1.807, 2.05) is 4.90 Å². The van der Waals surface area contributed by atoms with Gasteiger partial charge in [-0.3, -0.25) is 14.7 Å². The normalized spacial score (nSPS) is 15.0. The largest absolute Gasteiger partial charge is 0.367 e. The first-order chi connectivity index (χ1) is 16.4. The fraction of sp³-hybridized carbons (Fsp3) is 0.167. The topological polar surface area (TPSA) is 95.5 Å². The van der Waals surface area contributed by atoms with Gasteiger partial charge >= 0.3 is 0 Å². The summed E-state index contributed by atoms with van der Waals surface area (Å²) in [5.74, 6) is -0.337. The molecule has 0 saturated carbocycles. The molecule has 174 valence electrons. The van der Waals surface area contributed by atoms with Crippen molar-refractivity contribution in [1.82, 2.24) is 14.1 Å². The highest BCUT2D eigenvalue weighted by Crippen LogP contribution is 2.23. The van der Waals surface area contributed by atoms with Crippen molar-refractivity contribution in [3.63, 3.8) is 0 Å². The third-order valence-electron chi connectivity index (χ3n) is 5.98. The number of nitrogens with one attached hydrogen (secondary N) is 1. The number of benzene rings is 3. The monoisotopic (exact) mass is 480 g/mol. The van der Waals surface area contributed by atoms with E-state index < -0.39 is 21.1 Å². The number of sulfonamides is 1. The average Bonchev–Trinajstić information content (AvgIpc) is 2.87. The van der Waals surface area contributed by atoms with Crippen molar-refractivity contribution in [1.29, 1.82) is 0 Å². The Balaban J connectivity index is 1.38. The summed E-state index contributed by atoms with van der Waals surface area (Å²) in [6.07, 6.45) is 0. The van der Waals surface area contributed by atoms with Crippen LogP contribution in [-0.4, -0.2) is 48.7 Å². The molecule has 0 atom stereocenters. The van der Waals surface area contributed by atoms with Gasteiger partial charge in [-0.2, -0.15) is 4.31 Å². The van der Waals surface area contributed by atoms with Gasteiger partial charge in [0.25, 0.3) is 11.1 Å². The van der Waals surface area contributed by atoms with Gasteiger partial charge in [-0.1, -0.05) is 24.3 Å².